The van der Waals surface area contributed by atoms with Gasteiger partial charge in [-0.1, -0.05) is 69.5 Å². The number of amides is 2. The highest BCUT2D eigenvalue weighted by Gasteiger charge is 2.30. The molecule has 32 heavy (non-hydrogen) atoms. The monoisotopic (exact) mass is 528 g/mol. The van der Waals surface area contributed by atoms with Gasteiger partial charge >= 0.3 is 0 Å². The molecular formula is C23H15BrCl2N4O2. The summed E-state index contributed by atoms with van der Waals surface area (Å²) >= 11 is 15.4. The maximum Gasteiger partial charge on any atom is 0.281 e. The highest BCUT2D eigenvalue weighted by atomic mass is 79.9. The van der Waals surface area contributed by atoms with E-state index in [1.54, 1.807) is 48.5 Å². The number of carbonyl (C=O) groups excluding carboxylic acids is 2. The number of hydrogen-bond acceptors (Lipinski definition) is 4. The van der Waals surface area contributed by atoms with E-state index in [-0.39, 0.29) is 11.1 Å². The van der Waals surface area contributed by atoms with E-state index in [1.165, 1.54) is 4.79 Å². The molecule has 6 nitrogen and oxygen atoms in total. The van der Waals surface area contributed by atoms with Crippen molar-refractivity contribution in [1.29, 1.82) is 0 Å². The Bertz CT molecular complexity index is 1200. The molecule has 9 heteroatoms. The number of hydrogen-bond donors (Lipinski definition) is 0. The Labute approximate surface area is 202 Å². The van der Waals surface area contributed by atoms with Gasteiger partial charge in [-0.2, -0.15) is 5.01 Å². The van der Waals surface area contributed by atoms with Crippen LogP contribution in [-0.2, 0) is 5.33 Å². The van der Waals surface area contributed by atoms with E-state index in [0.717, 1.165) is 10.6 Å². The zero-order valence-electron chi connectivity index (χ0n) is 16.5. The van der Waals surface area contributed by atoms with Crippen molar-refractivity contribution >= 4 is 50.9 Å². The zero-order valence-corrected chi connectivity index (χ0v) is 19.5. The van der Waals surface area contributed by atoms with E-state index < -0.39 is 11.8 Å². The van der Waals surface area contributed by atoms with Crippen LogP contribution in [0.15, 0.2) is 78.9 Å². The first-order valence-electron chi connectivity index (χ1n) is 9.45. The lowest BCUT2D eigenvalue weighted by atomic mass is 10.1. The van der Waals surface area contributed by atoms with Crippen molar-refractivity contribution in [2.75, 3.05) is 5.01 Å². The molecule has 0 radical (unpaired) electrons. The Kier molecular flexibility index (Phi) is 6.69. The number of alkyl halides is 1. The fraction of sp³-hybridized carbons (Fsp3) is 0.0435. The molecule has 0 aliphatic heterocycles. The Morgan fingerprint density at radius 3 is 1.78 bits per heavy atom. The summed E-state index contributed by atoms with van der Waals surface area (Å²) in [7, 11) is 0. The maximum absolute atomic E-state index is 13.5. The van der Waals surface area contributed by atoms with Gasteiger partial charge in [0, 0.05) is 32.1 Å². The third kappa shape index (κ3) is 4.46. The SMILES string of the molecule is O=C(c1ccc(Cl)cc1)N(C(=O)c1ccc(Cl)cc1)n1nnc(-c2ccccc2)c1CBr. The average Bonchev–Trinajstić information content (AvgIpc) is 3.24. The Balaban J connectivity index is 1.85. The van der Waals surface area contributed by atoms with Gasteiger partial charge in [0.1, 0.15) is 11.4 Å². The van der Waals surface area contributed by atoms with Crippen molar-refractivity contribution in [2.45, 2.75) is 5.33 Å². The van der Waals surface area contributed by atoms with E-state index >= 15 is 0 Å². The molecule has 3 aromatic carbocycles. The van der Waals surface area contributed by atoms with Crippen LogP contribution < -0.4 is 5.01 Å². The molecule has 0 atom stereocenters. The van der Waals surface area contributed by atoms with Crippen molar-refractivity contribution in [3.63, 3.8) is 0 Å². The van der Waals surface area contributed by atoms with Crippen LogP contribution in [0.4, 0.5) is 0 Å². The van der Waals surface area contributed by atoms with E-state index in [9.17, 15) is 9.59 Å². The van der Waals surface area contributed by atoms with Crippen molar-refractivity contribution in [1.82, 2.24) is 15.1 Å². The van der Waals surface area contributed by atoms with Crippen LogP contribution in [0.1, 0.15) is 26.4 Å². The smallest absolute Gasteiger partial charge is 0.267 e. The molecule has 4 aromatic rings. The van der Waals surface area contributed by atoms with Gasteiger partial charge in [0.05, 0.1) is 0 Å². The minimum Gasteiger partial charge on any atom is -0.267 e. The zero-order chi connectivity index (χ0) is 22.7. The third-order valence-corrected chi connectivity index (χ3v) is 5.71. The minimum absolute atomic E-state index is 0.272. The van der Waals surface area contributed by atoms with Crippen LogP contribution in [0.5, 0.6) is 0 Å². The van der Waals surface area contributed by atoms with Crippen LogP contribution in [0.3, 0.4) is 0 Å². The van der Waals surface area contributed by atoms with Crippen LogP contribution in [-0.4, -0.2) is 26.9 Å². The highest BCUT2D eigenvalue weighted by molar-refractivity contribution is 9.08. The molecule has 2 amide bonds. The molecule has 0 N–H and O–H groups in total. The predicted octanol–water partition coefficient (Wildman–Crippen LogP) is 5.77. The van der Waals surface area contributed by atoms with Gasteiger partial charge in [-0.3, -0.25) is 9.59 Å². The average molecular weight is 530 g/mol. The maximum atomic E-state index is 13.5. The van der Waals surface area contributed by atoms with Crippen LogP contribution in [0.25, 0.3) is 11.3 Å². The summed E-state index contributed by atoms with van der Waals surface area (Å²) in [5.74, 6) is -1.15. The molecule has 0 saturated heterocycles. The molecule has 0 aliphatic carbocycles. The normalized spacial score (nSPS) is 10.7. The molecule has 0 unspecified atom stereocenters. The third-order valence-electron chi connectivity index (χ3n) is 4.67. The van der Waals surface area contributed by atoms with Crippen molar-refractivity contribution in [3.05, 3.63) is 106 Å². The summed E-state index contributed by atoms with van der Waals surface area (Å²) in [6, 6.07) is 22.0. The second-order valence-corrected chi connectivity index (χ2v) is 8.14. The molecule has 160 valence electrons. The van der Waals surface area contributed by atoms with Gasteiger partial charge in [-0.05, 0) is 53.7 Å². The molecule has 4 rings (SSSR count). The lowest BCUT2D eigenvalue weighted by Gasteiger charge is -2.22. The standard InChI is InChI=1S/C23H15BrCl2N4O2/c24-14-20-21(15-4-2-1-3-5-15)27-28-30(20)29(22(31)16-6-10-18(25)11-7-16)23(32)17-8-12-19(26)13-9-17/h1-13H,14H2. The summed E-state index contributed by atoms with van der Waals surface area (Å²) in [5, 5.41) is 10.6. The molecule has 0 saturated carbocycles. The van der Waals surface area contributed by atoms with Crippen molar-refractivity contribution in [2.24, 2.45) is 0 Å². The molecule has 0 aliphatic rings. The van der Waals surface area contributed by atoms with E-state index in [0.29, 0.717) is 26.8 Å². The second-order valence-electron chi connectivity index (χ2n) is 6.71. The minimum atomic E-state index is -0.576. The first kappa shape index (κ1) is 22.2. The number of benzene rings is 3. The van der Waals surface area contributed by atoms with Gasteiger partial charge in [0.2, 0.25) is 0 Å². The first-order valence-corrected chi connectivity index (χ1v) is 11.3. The quantitative estimate of drug-likeness (QED) is 0.243. The van der Waals surface area contributed by atoms with E-state index in [2.05, 4.69) is 26.2 Å². The molecule has 0 bridgehead atoms. The van der Waals surface area contributed by atoms with Crippen LogP contribution >= 0.6 is 39.1 Å². The Morgan fingerprint density at radius 2 is 1.31 bits per heavy atom. The van der Waals surface area contributed by atoms with E-state index in [1.807, 2.05) is 30.3 Å². The number of rotatable bonds is 5. The number of nitrogens with zero attached hydrogens (tertiary/aromatic N) is 4. The largest absolute Gasteiger partial charge is 0.281 e. The topological polar surface area (TPSA) is 68.1 Å². The van der Waals surface area contributed by atoms with E-state index in [4.69, 9.17) is 23.2 Å². The van der Waals surface area contributed by atoms with Crippen LogP contribution in [0, 0.1) is 0 Å². The van der Waals surface area contributed by atoms with Crippen LogP contribution in [0.2, 0.25) is 10.0 Å². The lowest BCUT2D eigenvalue weighted by Crippen LogP contribution is -2.47. The summed E-state index contributed by atoms with van der Waals surface area (Å²) in [5.41, 5.74) is 2.45. The molecule has 0 fully saturated rings. The van der Waals surface area contributed by atoms with Crippen molar-refractivity contribution < 1.29 is 9.59 Å². The summed E-state index contributed by atoms with van der Waals surface area (Å²) in [6.07, 6.45) is 0. The van der Waals surface area contributed by atoms with Crippen molar-refractivity contribution in [3.8, 4) is 11.3 Å². The van der Waals surface area contributed by atoms with Gasteiger partial charge in [-0.15, -0.1) is 9.89 Å². The summed E-state index contributed by atoms with van der Waals surface area (Å²) < 4.78 is 0. The summed E-state index contributed by atoms with van der Waals surface area (Å²) in [4.78, 5) is 28.2. The van der Waals surface area contributed by atoms with Gasteiger partial charge in [0.15, 0.2) is 0 Å². The summed E-state index contributed by atoms with van der Waals surface area (Å²) in [6.45, 7) is 0. The fourth-order valence-electron chi connectivity index (χ4n) is 3.09. The number of imide groups is 1. The Hall–Kier alpha value is -3.00. The molecule has 1 aromatic heterocycles. The first-order chi connectivity index (χ1) is 15.5. The number of carbonyl (C=O) groups is 2. The Morgan fingerprint density at radius 1 is 0.812 bits per heavy atom. The lowest BCUT2D eigenvalue weighted by molar-refractivity contribution is 0.0846. The number of halogens is 3. The number of aromatic nitrogens is 3. The fourth-order valence-corrected chi connectivity index (χ4v) is 3.83. The molecular weight excluding hydrogens is 515 g/mol. The second kappa shape index (κ2) is 9.65. The molecule has 1 heterocycles. The highest BCUT2D eigenvalue weighted by Crippen LogP contribution is 2.24. The predicted molar refractivity (Wildman–Crippen MR) is 128 cm³/mol. The van der Waals surface area contributed by atoms with Gasteiger partial charge < -0.3 is 0 Å². The van der Waals surface area contributed by atoms with Gasteiger partial charge in [0.25, 0.3) is 11.8 Å². The molecule has 0 spiro atoms. The van der Waals surface area contributed by atoms with Gasteiger partial charge in [-0.25, -0.2) is 0 Å².